The minimum atomic E-state index is -0.209. The zero-order valence-electron chi connectivity index (χ0n) is 18.2. The first-order chi connectivity index (χ1) is 13.7. The molecule has 3 saturated carbocycles. The van der Waals surface area contributed by atoms with Gasteiger partial charge in [-0.2, -0.15) is 5.10 Å². The van der Waals surface area contributed by atoms with Gasteiger partial charge in [0.25, 0.3) is 0 Å². The summed E-state index contributed by atoms with van der Waals surface area (Å²) in [5.74, 6) is 2.06. The van der Waals surface area contributed by atoms with E-state index in [-0.39, 0.29) is 16.9 Å². The van der Waals surface area contributed by atoms with Crippen LogP contribution in [0.15, 0.2) is 23.4 Å². The van der Waals surface area contributed by atoms with Crippen LogP contribution < -0.4 is 0 Å². The van der Waals surface area contributed by atoms with E-state index in [0.29, 0.717) is 23.5 Å². The Morgan fingerprint density at radius 2 is 1.93 bits per heavy atom. The van der Waals surface area contributed by atoms with E-state index in [0.717, 1.165) is 61.8 Å². The molecule has 0 aromatic carbocycles. The standard InChI is InChI=1S/C25H34N2O2/c1-15-17(14-27(4)26-15)11-16-12-22-20-6-5-18-13-19(28)7-9-24(18,2)21(20)8-10-25(22,3)23(16)29/h5,11,14,19-22,28H,6-10,12-13H2,1-4H3/b16-11-/t19-,20-,21+,22+,24+,25+/m1/s1. The second kappa shape index (κ2) is 6.41. The maximum Gasteiger partial charge on any atom is 0.165 e. The van der Waals surface area contributed by atoms with E-state index in [1.807, 2.05) is 24.9 Å². The lowest BCUT2D eigenvalue weighted by Gasteiger charge is -2.56. The number of aliphatic hydroxyl groups is 1. The Morgan fingerprint density at radius 3 is 2.66 bits per heavy atom. The van der Waals surface area contributed by atoms with Crippen molar-refractivity contribution in [2.45, 2.75) is 71.8 Å². The van der Waals surface area contributed by atoms with Gasteiger partial charge in [0.1, 0.15) is 0 Å². The molecule has 1 N–H and O–H groups in total. The molecule has 1 heterocycles. The Morgan fingerprint density at radius 1 is 1.17 bits per heavy atom. The van der Waals surface area contributed by atoms with Gasteiger partial charge in [-0.1, -0.05) is 25.5 Å². The van der Waals surface area contributed by atoms with Crippen molar-refractivity contribution in [3.8, 4) is 0 Å². The van der Waals surface area contributed by atoms with Gasteiger partial charge in [-0.05, 0) is 86.7 Å². The van der Waals surface area contributed by atoms with Gasteiger partial charge in [-0.15, -0.1) is 0 Å². The molecule has 0 unspecified atom stereocenters. The van der Waals surface area contributed by atoms with E-state index in [9.17, 15) is 9.90 Å². The first kappa shape index (κ1) is 19.3. The van der Waals surface area contributed by atoms with Crippen molar-refractivity contribution in [3.63, 3.8) is 0 Å². The van der Waals surface area contributed by atoms with Crippen LogP contribution in [0.1, 0.15) is 70.1 Å². The number of allylic oxidation sites excluding steroid dienone is 2. The van der Waals surface area contributed by atoms with Crippen LogP contribution in [-0.4, -0.2) is 26.8 Å². The molecule has 3 fully saturated rings. The molecular formula is C25H34N2O2. The van der Waals surface area contributed by atoms with Crippen LogP contribution >= 0.6 is 0 Å². The van der Waals surface area contributed by atoms with Crippen molar-refractivity contribution in [2.75, 3.05) is 0 Å². The highest BCUT2D eigenvalue weighted by molar-refractivity contribution is 6.06. The van der Waals surface area contributed by atoms with E-state index in [4.69, 9.17) is 0 Å². The highest BCUT2D eigenvalue weighted by atomic mass is 16.3. The lowest BCUT2D eigenvalue weighted by molar-refractivity contribution is -0.130. The second-order valence-corrected chi connectivity index (χ2v) is 10.7. The number of fused-ring (bicyclic) bond motifs is 5. The molecule has 1 aromatic rings. The van der Waals surface area contributed by atoms with E-state index in [1.165, 1.54) is 5.57 Å². The van der Waals surface area contributed by atoms with Gasteiger partial charge in [0, 0.05) is 24.2 Å². The summed E-state index contributed by atoms with van der Waals surface area (Å²) in [6.45, 7) is 6.69. The molecule has 5 rings (SSSR count). The number of hydrogen-bond acceptors (Lipinski definition) is 3. The average molecular weight is 395 g/mol. The molecular weight excluding hydrogens is 360 g/mol. The second-order valence-electron chi connectivity index (χ2n) is 10.7. The topological polar surface area (TPSA) is 55.1 Å². The zero-order chi connectivity index (χ0) is 20.6. The van der Waals surface area contributed by atoms with Crippen LogP contribution in [-0.2, 0) is 11.8 Å². The van der Waals surface area contributed by atoms with E-state index >= 15 is 0 Å². The summed E-state index contributed by atoms with van der Waals surface area (Å²) >= 11 is 0. The summed E-state index contributed by atoms with van der Waals surface area (Å²) in [7, 11) is 1.94. The minimum absolute atomic E-state index is 0.162. The zero-order valence-corrected chi connectivity index (χ0v) is 18.2. The van der Waals surface area contributed by atoms with Gasteiger partial charge in [0.15, 0.2) is 5.78 Å². The molecule has 4 heteroatoms. The summed E-state index contributed by atoms with van der Waals surface area (Å²) in [6.07, 6.45) is 13.4. The number of aryl methyl sites for hydroxylation is 2. The average Bonchev–Trinajstić information content (AvgIpc) is 3.12. The predicted molar refractivity (Wildman–Crippen MR) is 114 cm³/mol. The molecule has 29 heavy (non-hydrogen) atoms. The number of carbonyl (C=O) groups is 1. The number of aromatic nitrogens is 2. The summed E-state index contributed by atoms with van der Waals surface area (Å²) in [4.78, 5) is 13.5. The third-order valence-electron chi connectivity index (χ3n) is 9.10. The fourth-order valence-electron chi connectivity index (χ4n) is 7.39. The molecule has 4 aliphatic rings. The van der Waals surface area contributed by atoms with Gasteiger partial charge >= 0.3 is 0 Å². The molecule has 156 valence electrons. The van der Waals surface area contributed by atoms with Crippen LogP contribution in [0.2, 0.25) is 0 Å². The number of ketones is 1. The third-order valence-corrected chi connectivity index (χ3v) is 9.10. The molecule has 4 aliphatic carbocycles. The van der Waals surface area contributed by atoms with Gasteiger partial charge in [-0.3, -0.25) is 9.48 Å². The predicted octanol–water partition coefficient (Wildman–Crippen LogP) is 4.61. The lowest BCUT2D eigenvalue weighted by Crippen LogP contribution is -2.50. The molecule has 0 saturated heterocycles. The fraction of sp³-hybridized carbons (Fsp3) is 0.680. The molecule has 0 aliphatic heterocycles. The molecule has 0 radical (unpaired) electrons. The normalized spacial score (nSPS) is 43.0. The first-order valence-corrected chi connectivity index (χ1v) is 11.4. The van der Waals surface area contributed by atoms with Crippen molar-refractivity contribution in [1.82, 2.24) is 9.78 Å². The molecule has 0 spiro atoms. The Balaban J connectivity index is 1.49. The first-order valence-electron chi connectivity index (χ1n) is 11.4. The number of rotatable bonds is 1. The van der Waals surface area contributed by atoms with Crippen molar-refractivity contribution < 1.29 is 9.90 Å². The quantitative estimate of drug-likeness (QED) is 0.559. The maximum atomic E-state index is 13.5. The van der Waals surface area contributed by atoms with Crippen LogP contribution in [0.4, 0.5) is 0 Å². The van der Waals surface area contributed by atoms with Gasteiger partial charge in [-0.25, -0.2) is 0 Å². The van der Waals surface area contributed by atoms with Gasteiger partial charge in [0.05, 0.1) is 11.8 Å². The number of Topliss-reactive ketones (excluding diaryl/α,β-unsaturated/α-hetero) is 1. The van der Waals surface area contributed by atoms with Crippen molar-refractivity contribution in [2.24, 2.45) is 35.6 Å². The largest absolute Gasteiger partial charge is 0.393 e. The number of aliphatic hydroxyl groups excluding tert-OH is 1. The third kappa shape index (κ3) is 2.74. The lowest BCUT2D eigenvalue weighted by atomic mass is 9.48. The van der Waals surface area contributed by atoms with Crippen molar-refractivity contribution >= 4 is 11.9 Å². The maximum absolute atomic E-state index is 13.5. The summed E-state index contributed by atoms with van der Waals surface area (Å²) in [6, 6.07) is 0. The minimum Gasteiger partial charge on any atom is -0.393 e. The molecule has 0 amide bonds. The smallest absolute Gasteiger partial charge is 0.165 e. The molecule has 4 nitrogen and oxygen atoms in total. The molecule has 6 atom stereocenters. The van der Waals surface area contributed by atoms with Crippen LogP contribution in [0.25, 0.3) is 6.08 Å². The molecule has 0 bridgehead atoms. The van der Waals surface area contributed by atoms with Crippen LogP contribution in [0, 0.1) is 35.5 Å². The monoisotopic (exact) mass is 394 g/mol. The highest BCUT2D eigenvalue weighted by Gasteiger charge is 2.59. The number of carbonyl (C=O) groups excluding carboxylic acids is 1. The summed E-state index contributed by atoms with van der Waals surface area (Å²) < 4.78 is 1.83. The van der Waals surface area contributed by atoms with E-state index in [1.54, 1.807) is 0 Å². The Bertz CT molecular complexity index is 925. The summed E-state index contributed by atoms with van der Waals surface area (Å²) in [5, 5.41) is 14.6. The van der Waals surface area contributed by atoms with E-state index in [2.05, 4.69) is 31.1 Å². The van der Waals surface area contributed by atoms with Crippen molar-refractivity contribution in [1.29, 1.82) is 0 Å². The summed E-state index contributed by atoms with van der Waals surface area (Å²) in [5.41, 5.74) is 4.58. The van der Waals surface area contributed by atoms with Crippen LogP contribution in [0.3, 0.4) is 0 Å². The Kier molecular flexibility index (Phi) is 4.26. The highest BCUT2D eigenvalue weighted by Crippen LogP contribution is 2.64. The Hall–Kier alpha value is -1.68. The van der Waals surface area contributed by atoms with Gasteiger partial charge < -0.3 is 5.11 Å². The van der Waals surface area contributed by atoms with Gasteiger partial charge in [0.2, 0.25) is 0 Å². The SMILES string of the molecule is Cc1nn(C)cc1/C=C1/C[C@H]2[C@@H]3CC=C4C[C@H](O)CC[C@]4(C)[C@H]3CC[C@]2(C)C1=O. The fourth-order valence-corrected chi connectivity index (χ4v) is 7.39. The van der Waals surface area contributed by atoms with Crippen molar-refractivity contribution in [3.05, 3.63) is 34.7 Å². The number of hydrogen-bond donors (Lipinski definition) is 1. The number of nitrogens with zero attached hydrogens (tertiary/aromatic N) is 2. The van der Waals surface area contributed by atoms with E-state index < -0.39 is 0 Å². The Labute approximate surface area is 174 Å². The van der Waals surface area contributed by atoms with Crippen LogP contribution in [0.5, 0.6) is 0 Å². The molecule has 1 aromatic heterocycles.